The second-order valence-corrected chi connectivity index (χ2v) is 8.56. The fourth-order valence-corrected chi connectivity index (χ4v) is 4.24. The van der Waals surface area contributed by atoms with Gasteiger partial charge in [-0.3, -0.25) is 14.1 Å². The van der Waals surface area contributed by atoms with Gasteiger partial charge in [0.05, 0.1) is 12.8 Å². The third-order valence-corrected chi connectivity index (χ3v) is 6.14. The smallest absolute Gasteiger partial charge is 0.330 e. The van der Waals surface area contributed by atoms with Crippen LogP contribution in [0.5, 0.6) is 0 Å². The standard InChI is InChI=1S/C12H12N2O7S3/c15-10-7-8(24(18,19)20)12(17)14(10)21-11(16)4-6-22-23-9-3-1-2-5-13-9/h1-3,5,8H,4,6-7H2,(H,18,19,20). The van der Waals surface area contributed by atoms with E-state index in [9.17, 15) is 22.8 Å². The highest BCUT2D eigenvalue weighted by atomic mass is 33.1. The molecule has 1 fully saturated rings. The Bertz CT molecular complexity index is 738. The molecule has 1 aromatic rings. The topological polar surface area (TPSA) is 131 Å². The van der Waals surface area contributed by atoms with Crippen LogP contribution in [0.2, 0.25) is 0 Å². The minimum absolute atomic E-state index is 0.0946. The molecule has 12 heteroatoms. The first-order chi connectivity index (χ1) is 11.3. The van der Waals surface area contributed by atoms with Gasteiger partial charge in [0, 0.05) is 11.9 Å². The van der Waals surface area contributed by atoms with E-state index in [0.29, 0.717) is 5.75 Å². The molecule has 1 unspecified atom stereocenters. The van der Waals surface area contributed by atoms with Gasteiger partial charge in [-0.2, -0.15) is 8.42 Å². The number of pyridine rings is 1. The van der Waals surface area contributed by atoms with Crippen molar-refractivity contribution in [3.8, 4) is 0 Å². The zero-order valence-electron chi connectivity index (χ0n) is 12.0. The number of rotatable bonds is 7. The molecule has 2 heterocycles. The van der Waals surface area contributed by atoms with Gasteiger partial charge in [0.15, 0.2) is 5.25 Å². The van der Waals surface area contributed by atoms with Crippen LogP contribution in [0, 0.1) is 0 Å². The second kappa shape index (κ2) is 7.96. The van der Waals surface area contributed by atoms with Gasteiger partial charge in [-0.15, -0.1) is 5.06 Å². The molecule has 130 valence electrons. The van der Waals surface area contributed by atoms with Crippen LogP contribution >= 0.6 is 21.6 Å². The maximum Gasteiger partial charge on any atom is 0.334 e. The van der Waals surface area contributed by atoms with E-state index in [2.05, 4.69) is 9.82 Å². The third-order valence-electron chi connectivity index (χ3n) is 2.79. The molecular weight excluding hydrogens is 380 g/mol. The minimum atomic E-state index is -4.72. The number of hydrogen-bond donors (Lipinski definition) is 1. The molecule has 2 amide bonds. The van der Waals surface area contributed by atoms with E-state index in [-0.39, 0.29) is 11.5 Å². The quantitative estimate of drug-likeness (QED) is 0.306. The van der Waals surface area contributed by atoms with Gasteiger partial charge >= 0.3 is 5.97 Å². The summed E-state index contributed by atoms with van der Waals surface area (Å²) in [6.45, 7) is 0. The number of aromatic nitrogens is 1. The molecule has 24 heavy (non-hydrogen) atoms. The minimum Gasteiger partial charge on any atom is -0.330 e. The van der Waals surface area contributed by atoms with E-state index in [4.69, 9.17) is 4.55 Å². The van der Waals surface area contributed by atoms with Gasteiger partial charge in [0.1, 0.15) is 5.03 Å². The lowest BCUT2D eigenvalue weighted by Crippen LogP contribution is -2.36. The van der Waals surface area contributed by atoms with Crippen LogP contribution in [0.15, 0.2) is 29.4 Å². The van der Waals surface area contributed by atoms with Crippen molar-refractivity contribution >= 4 is 49.5 Å². The normalized spacial score (nSPS) is 18.0. The SMILES string of the molecule is O=C(CCSSc1ccccn1)ON1C(=O)CC(S(=O)(=O)O)C1=O. The molecule has 1 atom stereocenters. The highest BCUT2D eigenvalue weighted by Crippen LogP contribution is 2.29. The lowest BCUT2D eigenvalue weighted by molar-refractivity contribution is -0.197. The number of hydroxylamine groups is 2. The Morgan fingerprint density at radius 2 is 2.17 bits per heavy atom. The Kier molecular flexibility index (Phi) is 6.21. The summed E-state index contributed by atoms with van der Waals surface area (Å²) in [6, 6.07) is 5.39. The Morgan fingerprint density at radius 1 is 1.42 bits per heavy atom. The third kappa shape index (κ3) is 4.93. The molecule has 1 aliphatic heterocycles. The zero-order chi connectivity index (χ0) is 17.7. The average molecular weight is 392 g/mol. The molecule has 2 rings (SSSR count). The summed E-state index contributed by atoms with van der Waals surface area (Å²) in [4.78, 5) is 43.5. The average Bonchev–Trinajstić information content (AvgIpc) is 2.81. The molecule has 0 bridgehead atoms. The van der Waals surface area contributed by atoms with Gasteiger partial charge in [0.25, 0.3) is 21.9 Å². The van der Waals surface area contributed by atoms with Crippen molar-refractivity contribution in [1.82, 2.24) is 10.0 Å². The second-order valence-electron chi connectivity index (χ2n) is 4.52. The first kappa shape index (κ1) is 18.7. The zero-order valence-corrected chi connectivity index (χ0v) is 14.5. The molecule has 0 aromatic carbocycles. The van der Waals surface area contributed by atoms with Crippen molar-refractivity contribution in [2.24, 2.45) is 0 Å². The Morgan fingerprint density at radius 3 is 2.75 bits per heavy atom. The number of carbonyl (C=O) groups is 3. The van der Waals surface area contributed by atoms with Crippen LogP contribution in [-0.4, -0.2) is 51.8 Å². The predicted octanol–water partition coefficient (Wildman–Crippen LogP) is 0.685. The van der Waals surface area contributed by atoms with Gasteiger partial charge in [-0.05, 0) is 22.9 Å². The van der Waals surface area contributed by atoms with Crippen molar-refractivity contribution in [2.75, 3.05) is 5.75 Å². The molecule has 1 saturated heterocycles. The predicted molar refractivity (Wildman–Crippen MR) is 85.1 cm³/mol. The number of imide groups is 1. The van der Waals surface area contributed by atoms with Gasteiger partial charge in [-0.1, -0.05) is 16.9 Å². The van der Waals surface area contributed by atoms with E-state index in [1.54, 1.807) is 18.3 Å². The lowest BCUT2D eigenvalue weighted by Gasteiger charge is -2.12. The first-order valence-corrected chi connectivity index (χ1v) is 10.4. The largest absolute Gasteiger partial charge is 0.334 e. The molecule has 1 N–H and O–H groups in total. The van der Waals surface area contributed by atoms with Crippen LogP contribution in [0.1, 0.15) is 12.8 Å². The summed E-state index contributed by atoms with van der Waals surface area (Å²) in [7, 11) is -2.05. The van der Waals surface area contributed by atoms with E-state index in [1.165, 1.54) is 21.6 Å². The van der Waals surface area contributed by atoms with Crippen LogP contribution in [0.25, 0.3) is 0 Å². The molecule has 0 saturated carbocycles. The summed E-state index contributed by atoms with van der Waals surface area (Å²) in [5.41, 5.74) is 0. The van der Waals surface area contributed by atoms with E-state index in [1.807, 2.05) is 6.07 Å². The van der Waals surface area contributed by atoms with Crippen LogP contribution in [0.4, 0.5) is 0 Å². The Balaban J connectivity index is 1.78. The van der Waals surface area contributed by atoms with E-state index in [0.717, 1.165) is 5.03 Å². The Labute approximate surface area is 145 Å². The van der Waals surface area contributed by atoms with Gasteiger partial charge in [0.2, 0.25) is 0 Å². The summed E-state index contributed by atoms with van der Waals surface area (Å²) in [5.74, 6) is -2.79. The maximum absolute atomic E-state index is 11.7. The molecule has 1 aromatic heterocycles. The number of hydrogen-bond acceptors (Lipinski definition) is 9. The lowest BCUT2D eigenvalue weighted by atomic mass is 10.4. The summed E-state index contributed by atoms with van der Waals surface area (Å²) < 4.78 is 30.8. The van der Waals surface area contributed by atoms with Gasteiger partial charge in [-0.25, -0.2) is 9.78 Å². The van der Waals surface area contributed by atoms with Crippen LogP contribution < -0.4 is 0 Å². The van der Waals surface area contributed by atoms with E-state index >= 15 is 0 Å². The molecule has 9 nitrogen and oxygen atoms in total. The molecule has 0 aliphatic carbocycles. The number of carbonyl (C=O) groups excluding carboxylic acids is 3. The first-order valence-electron chi connectivity index (χ1n) is 6.53. The van der Waals surface area contributed by atoms with Crippen molar-refractivity contribution in [3.05, 3.63) is 24.4 Å². The highest BCUT2D eigenvalue weighted by Gasteiger charge is 2.48. The monoisotopic (exact) mass is 392 g/mol. The highest BCUT2D eigenvalue weighted by molar-refractivity contribution is 8.76. The van der Waals surface area contributed by atoms with Crippen molar-refractivity contribution in [1.29, 1.82) is 0 Å². The summed E-state index contributed by atoms with van der Waals surface area (Å²) in [6.07, 6.45) is 0.778. The molecule has 0 radical (unpaired) electrons. The van der Waals surface area contributed by atoms with Crippen LogP contribution in [0.3, 0.4) is 0 Å². The van der Waals surface area contributed by atoms with Crippen molar-refractivity contribution < 1.29 is 32.2 Å². The van der Waals surface area contributed by atoms with Crippen molar-refractivity contribution in [3.63, 3.8) is 0 Å². The summed E-state index contributed by atoms with van der Waals surface area (Å²) in [5, 5.41) is -1.07. The fourth-order valence-electron chi connectivity index (χ4n) is 1.68. The molecule has 0 spiro atoms. The summed E-state index contributed by atoms with van der Waals surface area (Å²) >= 11 is 0. The maximum atomic E-state index is 11.7. The molecule has 1 aliphatic rings. The Hall–Kier alpha value is -1.63. The van der Waals surface area contributed by atoms with Gasteiger partial charge < -0.3 is 4.84 Å². The van der Waals surface area contributed by atoms with Crippen LogP contribution in [-0.2, 0) is 29.3 Å². The number of amides is 2. The van der Waals surface area contributed by atoms with E-state index < -0.39 is 39.6 Å². The van der Waals surface area contributed by atoms with Crippen molar-refractivity contribution in [2.45, 2.75) is 23.1 Å². The fraction of sp³-hybridized carbons (Fsp3) is 0.333. The molecular formula is C12H12N2O7S3. The number of nitrogens with zero attached hydrogens (tertiary/aromatic N) is 2.